The Balaban J connectivity index is 1.35. The largest absolute Gasteiger partial charge is 0.508 e. The molecule has 19 N–H and O–H groups in total. The first-order chi connectivity index (χ1) is 34.4. The van der Waals surface area contributed by atoms with Gasteiger partial charge in [-0.25, -0.2) is 0 Å². The Bertz CT molecular complexity index is 3260. The standard InChI is InChI=1S/C48H33ClO24/c49-41-25(59)11-20(12-26(41)60)69-48-35(72-46-31(65)13-33(70-44-27(61)5-17(52)6-28(44)62)39(42(46)67)37-21(55)1-15(50)2-22(37)56)9-19(54)10-36(48)73-47-32(66)14-34(71-45-29(63)7-18(53)8-30(45)64)40(43(47)68)38-23(57)3-16(51)4-24(38)58/h1-14,50-68H. The van der Waals surface area contributed by atoms with Gasteiger partial charge in [0, 0.05) is 84.9 Å². The Labute approximate surface area is 410 Å². The number of phenolic OH excluding ortho intramolecular Hbond substituents is 19. The summed E-state index contributed by atoms with van der Waals surface area (Å²) in [5.41, 5.74) is -3.15. The van der Waals surface area contributed by atoms with Crippen molar-refractivity contribution < 1.29 is 121 Å². The van der Waals surface area contributed by atoms with Gasteiger partial charge in [-0.3, -0.25) is 0 Å². The van der Waals surface area contributed by atoms with E-state index in [0.29, 0.717) is 36.4 Å². The highest BCUT2D eigenvalue weighted by Crippen LogP contribution is 2.61. The molecule has 8 aromatic carbocycles. The van der Waals surface area contributed by atoms with Crippen LogP contribution in [0.1, 0.15) is 0 Å². The number of rotatable bonds is 12. The third-order valence-electron chi connectivity index (χ3n) is 10.2. The normalized spacial score (nSPS) is 11.0. The molecular formula is C48H33ClO24. The SMILES string of the molecule is Oc1cc(O)c(Oc2cc(O)c(Oc3cc(O)cc(Oc4c(O)cc(Oc5c(O)cc(O)cc5O)c(-c5c(O)cc(O)cc5O)c4O)c3Oc3cc(O)c(Cl)c(O)c3)c(O)c2-c2c(O)cc(O)cc2O)c(O)c1. The second-order valence-corrected chi connectivity index (χ2v) is 15.7. The van der Waals surface area contributed by atoms with E-state index in [1.165, 1.54) is 0 Å². The van der Waals surface area contributed by atoms with Crippen molar-refractivity contribution in [2.75, 3.05) is 0 Å². The second kappa shape index (κ2) is 18.3. The molecule has 0 saturated carbocycles. The predicted molar refractivity (Wildman–Crippen MR) is 247 cm³/mol. The molecule has 8 rings (SSSR count). The summed E-state index contributed by atoms with van der Waals surface area (Å²) in [4.78, 5) is 0. The smallest absolute Gasteiger partial charge is 0.212 e. The number of aromatic hydroxyl groups is 19. The molecule has 0 fully saturated rings. The Hall–Kier alpha value is -10.8. The van der Waals surface area contributed by atoms with Gasteiger partial charge in [0.1, 0.15) is 85.5 Å². The lowest BCUT2D eigenvalue weighted by molar-refractivity contribution is 0.333. The monoisotopic (exact) mass is 1030 g/mol. The number of benzene rings is 8. The van der Waals surface area contributed by atoms with E-state index in [9.17, 15) is 97.0 Å². The van der Waals surface area contributed by atoms with Crippen LogP contribution in [0.2, 0.25) is 5.02 Å². The van der Waals surface area contributed by atoms with Gasteiger partial charge < -0.3 is 121 Å². The molecule has 0 aliphatic carbocycles. The van der Waals surface area contributed by atoms with Crippen molar-refractivity contribution in [2.24, 2.45) is 0 Å². The Morgan fingerprint density at radius 1 is 0.233 bits per heavy atom. The second-order valence-electron chi connectivity index (χ2n) is 15.3. The van der Waals surface area contributed by atoms with E-state index < -0.39 is 194 Å². The van der Waals surface area contributed by atoms with Crippen molar-refractivity contribution in [2.45, 2.75) is 0 Å². The van der Waals surface area contributed by atoms with Crippen LogP contribution in [0.4, 0.5) is 0 Å². The lowest BCUT2D eigenvalue weighted by Crippen LogP contribution is -1.98. The van der Waals surface area contributed by atoms with Crippen LogP contribution in [0.3, 0.4) is 0 Å². The molecular weight excluding hydrogens is 996 g/mol. The Morgan fingerprint density at radius 3 is 0.836 bits per heavy atom. The highest BCUT2D eigenvalue weighted by atomic mass is 35.5. The van der Waals surface area contributed by atoms with Crippen LogP contribution < -0.4 is 23.7 Å². The topological polar surface area (TPSA) is 431 Å². The predicted octanol–water partition coefficient (Wildman–Crippen LogP) is 9.04. The molecule has 0 aliphatic heterocycles. The summed E-state index contributed by atoms with van der Waals surface area (Å²) in [6.07, 6.45) is 0. The summed E-state index contributed by atoms with van der Waals surface area (Å²) >= 11 is 5.94. The highest BCUT2D eigenvalue weighted by molar-refractivity contribution is 6.33. The van der Waals surface area contributed by atoms with Gasteiger partial charge in [-0.2, -0.15) is 0 Å². The number of phenols is 19. The van der Waals surface area contributed by atoms with Crippen molar-refractivity contribution in [1.29, 1.82) is 0 Å². The maximum absolute atomic E-state index is 11.9. The molecule has 8 aromatic rings. The zero-order chi connectivity index (χ0) is 53.1. The molecule has 0 aliphatic rings. The van der Waals surface area contributed by atoms with Gasteiger partial charge in [-0.15, -0.1) is 0 Å². The van der Waals surface area contributed by atoms with E-state index in [1.807, 2.05) is 0 Å². The highest BCUT2D eigenvalue weighted by Gasteiger charge is 2.33. The average molecular weight is 1030 g/mol. The molecule has 73 heavy (non-hydrogen) atoms. The van der Waals surface area contributed by atoms with E-state index in [2.05, 4.69) is 0 Å². The average Bonchev–Trinajstić information content (AvgIpc) is 3.27. The van der Waals surface area contributed by atoms with Crippen molar-refractivity contribution in [3.63, 3.8) is 0 Å². The van der Waals surface area contributed by atoms with Crippen LogP contribution in [-0.2, 0) is 0 Å². The lowest BCUT2D eigenvalue weighted by Gasteiger charge is -2.22. The van der Waals surface area contributed by atoms with E-state index in [-0.39, 0.29) is 0 Å². The van der Waals surface area contributed by atoms with Crippen LogP contribution in [0.15, 0.2) is 84.9 Å². The maximum Gasteiger partial charge on any atom is 0.212 e. The minimum absolute atomic E-state index is 0.532. The molecule has 0 unspecified atom stereocenters. The summed E-state index contributed by atoms with van der Waals surface area (Å²) < 4.78 is 29.0. The van der Waals surface area contributed by atoms with Gasteiger partial charge in [0.25, 0.3) is 0 Å². The minimum atomic E-state index is -1.28. The van der Waals surface area contributed by atoms with Gasteiger partial charge in [0.05, 0.1) is 22.3 Å². The molecule has 0 atom stereocenters. The van der Waals surface area contributed by atoms with E-state index in [0.717, 1.165) is 48.5 Å². The fourth-order valence-electron chi connectivity index (χ4n) is 7.16. The lowest BCUT2D eigenvalue weighted by atomic mass is 9.99. The maximum atomic E-state index is 11.9. The molecule has 0 saturated heterocycles. The summed E-state index contributed by atoms with van der Waals surface area (Å²) in [7, 11) is 0. The van der Waals surface area contributed by atoms with E-state index in [4.69, 9.17) is 35.3 Å². The Kier molecular flexibility index (Phi) is 12.2. The van der Waals surface area contributed by atoms with Crippen molar-refractivity contribution in [1.82, 2.24) is 0 Å². The van der Waals surface area contributed by atoms with Crippen LogP contribution in [0.25, 0.3) is 22.3 Å². The van der Waals surface area contributed by atoms with Gasteiger partial charge in [0.2, 0.25) is 28.7 Å². The van der Waals surface area contributed by atoms with Crippen molar-refractivity contribution >= 4 is 11.6 Å². The van der Waals surface area contributed by atoms with Crippen LogP contribution in [0, 0.1) is 0 Å². The summed E-state index contributed by atoms with van der Waals surface area (Å²) in [6, 6.07) is 10.1. The molecule has 0 radical (unpaired) electrons. The number of halogens is 1. The third-order valence-corrected chi connectivity index (χ3v) is 10.6. The third kappa shape index (κ3) is 9.16. The first kappa shape index (κ1) is 48.7. The van der Waals surface area contributed by atoms with E-state index in [1.54, 1.807) is 0 Å². The first-order valence-electron chi connectivity index (χ1n) is 20.1. The van der Waals surface area contributed by atoms with Crippen molar-refractivity contribution in [3.8, 4) is 189 Å². The fourth-order valence-corrected chi connectivity index (χ4v) is 7.27. The van der Waals surface area contributed by atoms with Gasteiger partial charge in [-0.05, 0) is 0 Å². The summed E-state index contributed by atoms with van der Waals surface area (Å²) in [5, 5.41) is 204. The first-order valence-corrected chi connectivity index (χ1v) is 20.4. The quantitative estimate of drug-likeness (QED) is 0.0542. The summed E-state index contributed by atoms with van der Waals surface area (Å²) in [6.45, 7) is 0. The molecule has 0 spiro atoms. The van der Waals surface area contributed by atoms with E-state index >= 15 is 0 Å². The number of hydrogen-bond acceptors (Lipinski definition) is 24. The minimum Gasteiger partial charge on any atom is -0.508 e. The molecule has 0 heterocycles. The van der Waals surface area contributed by atoms with Gasteiger partial charge in [-0.1, -0.05) is 11.6 Å². The number of hydrogen-bond donors (Lipinski definition) is 19. The molecule has 25 heteroatoms. The molecule has 24 nitrogen and oxygen atoms in total. The van der Waals surface area contributed by atoms with Crippen molar-refractivity contribution in [3.05, 3.63) is 90.0 Å². The number of ether oxygens (including phenoxy) is 5. The summed E-state index contributed by atoms with van der Waals surface area (Å²) in [5.74, 6) is -25.8. The zero-order valence-electron chi connectivity index (χ0n) is 36.0. The van der Waals surface area contributed by atoms with Crippen LogP contribution in [-0.4, -0.2) is 97.0 Å². The molecule has 0 amide bonds. The molecule has 0 bridgehead atoms. The molecule has 376 valence electrons. The van der Waals surface area contributed by atoms with Gasteiger partial charge in [0.15, 0.2) is 57.5 Å². The van der Waals surface area contributed by atoms with Crippen LogP contribution >= 0.6 is 11.6 Å². The Morgan fingerprint density at radius 2 is 0.507 bits per heavy atom. The fraction of sp³-hybridized carbons (Fsp3) is 0. The molecule has 0 aromatic heterocycles. The van der Waals surface area contributed by atoms with Gasteiger partial charge >= 0.3 is 0 Å². The van der Waals surface area contributed by atoms with Crippen LogP contribution in [0.5, 0.6) is 167 Å². The zero-order valence-corrected chi connectivity index (χ0v) is 36.8.